The summed E-state index contributed by atoms with van der Waals surface area (Å²) in [6.07, 6.45) is 6.37. The van der Waals surface area contributed by atoms with Crippen LogP contribution in [0.5, 0.6) is 0 Å². The number of nitriles is 1. The van der Waals surface area contributed by atoms with Gasteiger partial charge in [-0.05, 0) is 25.0 Å². The number of morpholine rings is 1. The Bertz CT molecular complexity index is 804. The highest BCUT2D eigenvalue weighted by molar-refractivity contribution is 5.55. The summed E-state index contributed by atoms with van der Waals surface area (Å²) >= 11 is 0. The Labute approximate surface area is 158 Å². The zero-order valence-electron chi connectivity index (χ0n) is 15.3. The van der Waals surface area contributed by atoms with Gasteiger partial charge < -0.3 is 14.5 Å². The number of aromatic nitrogens is 4. The summed E-state index contributed by atoms with van der Waals surface area (Å²) in [5.74, 6) is 1.94. The summed E-state index contributed by atoms with van der Waals surface area (Å²) in [6.45, 7) is 4.82. The maximum absolute atomic E-state index is 9.00. The lowest BCUT2D eigenvalue weighted by atomic mass is 10.2. The van der Waals surface area contributed by atoms with Crippen LogP contribution in [0, 0.1) is 11.3 Å². The third-order valence-electron chi connectivity index (χ3n) is 4.92. The summed E-state index contributed by atoms with van der Waals surface area (Å²) in [5, 5.41) is 9.00. The molecule has 0 N–H and O–H groups in total. The van der Waals surface area contributed by atoms with Gasteiger partial charge in [-0.2, -0.15) is 20.2 Å². The Kier molecular flexibility index (Phi) is 5.39. The monoisotopic (exact) mass is 365 g/mol. The Morgan fingerprint density at radius 2 is 1.52 bits per heavy atom. The van der Waals surface area contributed by atoms with Crippen molar-refractivity contribution < 1.29 is 4.74 Å². The van der Waals surface area contributed by atoms with Crippen molar-refractivity contribution in [1.29, 1.82) is 5.26 Å². The fourth-order valence-electron chi connectivity index (χ4n) is 3.38. The zero-order chi connectivity index (χ0) is 18.5. The lowest BCUT2D eigenvalue weighted by molar-refractivity contribution is 0.122. The summed E-state index contributed by atoms with van der Waals surface area (Å²) in [7, 11) is 0. The number of hydrogen-bond donors (Lipinski definition) is 0. The Balaban J connectivity index is 1.71. The van der Waals surface area contributed by atoms with Crippen LogP contribution in [0.25, 0.3) is 11.5 Å². The molecule has 2 fully saturated rings. The predicted molar refractivity (Wildman–Crippen MR) is 101 cm³/mol. The van der Waals surface area contributed by atoms with Gasteiger partial charge in [0.1, 0.15) is 11.8 Å². The van der Waals surface area contributed by atoms with E-state index in [1.807, 2.05) is 0 Å². The average Bonchev–Trinajstić information content (AvgIpc) is 3.04. The topological polar surface area (TPSA) is 91.1 Å². The Hall–Kier alpha value is -2.79. The van der Waals surface area contributed by atoms with Crippen molar-refractivity contribution in [2.45, 2.75) is 25.7 Å². The van der Waals surface area contributed by atoms with Crippen LogP contribution < -0.4 is 9.80 Å². The summed E-state index contributed by atoms with van der Waals surface area (Å²) < 4.78 is 5.46. The molecule has 27 heavy (non-hydrogen) atoms. The molecule has 0 aliphatic carbocycles. The van der Waals surface area contributed by atoms with E-state index in [1.54, 1.807) is 18.3 Å². The van der Waals surface area contributed by atoms with Gasteiger partial charge in [0.2, 0.25) is 11.9 Å². The minimum atomic E-state index is 0.522. The highest BCUT2D eigenvalue weighted by Gasteiger charge is 2.21. The van der Waals surface area contributed by atoms with Crippen molar-refractivity contribution in [1.82, 2.24) is 19.9 Å². The summed E-state index contributed by atoms with van der Waals surface area (Å²) in [6, 6.07) is 5.63. The van der Waals surface area contributed by atoms with Gasteiger partial charge in [-0.1, -0.05) is 12.8 Å². The van der Waals surface area contributed by atoms with E-state index in [2.05, 4.69) is 25.8 Å². The van der Waals surface area contributed by atoms with Crippen molar-refractivity contribution in [3.8, 4) is 17.6 Å². The molecule has 0 atom stereocenters. The molecule has 0 saturated carbocycles. The normalized spacial score (nSPS) is 18.0. The van der Waals surface area contributed by atoms with E-state index in [4.69, 9.17) is 20.0 Å². The highest BCUT2D eigenvalue weighted by Crippen LogP contribution is 2.23. The number of rotatable bonds is 3. The third kappa shape index (κ3) is 4.14. The molecule has 2 aliphatic rings. The number of nitrogens with zero attached hydrogens (tertiary/aromatic N) is 7. The Morgan fingerprint density at radius 3 is 2.11 bits per heavy atom. The zero-order valence-corrected chi connectivity index (χ0v) is 15.3. The maximum atomic E-state index is 9.00. The molecule has 4 heterocycles. The molecule has 2 aromatic heterocycles. The van der Waals surface area contributed by atoms with Crippen LogP contribution in [0.2, 0.25) is 0 Å². The van der Waals surface area contributed by atoms with Crippen molar-refractivity contribution in [2.24, 2.45) is 0 Å². The molecule has 140 valence electrons. The van der Waals surface area contributed by atoms with Crippen LogP contribution in [-0.4, -0.2) is 59.3 Å². The van der Waals surface area contributed by atoms with Gasteiger partial charge in [-0.15, -0.1) is 0 Å². The van der Waals surface area contributed by atoms with Crippen LogP contribution in [0.3, 0.4) is 0 Å². The van der Waals surface area contributed by atoms with Gasteiger partial charge in [0.05, 0.1) is 18.8 Å². The van der Waals surface area contributed by atoms with E-state index in [0.717, 1.165) is 45.0 Å². The number of anilines is 2. The second-order valence-corrected chi connectivity index (χ2v) is 6.80. The molecule has 0 spiro atoms. The molecule has 2 saturated heterocycles. The Morgan fingerprint density at radius 1 is 0.852 bits per heavy atom. The number of ether oxygens (including phenoxy) is 1. The quantitative estimate of drug-likeness (QED) is 0.816. The fraction of sp³-hybridized carbons (Fsp3) is 0.526. The standard InChI is InChI=1S/C19H23N7O/c20-13-15-5-6-16(21-14-15)17-22-18(25-7-3-1-2-4-8-25)24-19(23-17)26-9-11-27-12-10-26/h5-6,14H,1-4,7-12H2. The first kappa shape index (κ1) is 17.6. The molecule has 4 rings (SSSR count). The SMILES string of the molecule is N#Cc1ccc(-c2nc(N3CCCCCC3)nc(N3CCOCC3)n2)nc1. The van der Waals surface area contributed by atoms with E-state index >= 15 is 0 Å². The minimum absolute atomic E-state index is 0.522. The molecule has 0 radical (unpaired) electrons. The first-order valence-electron chi connectivity index (χ1n) is 9.54. The minimum Gasteiger partial charge on any atom is -0.378 e. The second kappa shape index (κ2) is 8.27. The van der Waals surface area contributed by atoms with Gasteiger partial charge in [-0.25, -0.2) is 0 Å². The predicted octanol–water partition coefficient (Wildman–Crippen LogP) is 2.02. The average molecular weight is 365 g/mol. The highest BCUT2D eigenvalue weighted by atomic mass is 16.5. The molecule has 0 unspecified atom stereocenters. The smallest absolute Gasteiger partial charge is 0.230 e. The molecular weight excluding hydrogens is 342 g/mol. The summed E-state index contributed by atoms with van der Waals surface area (Å²) in [5.41, 5.74) is 1.18. The van der Waals surface area contributed by atoms with Gasteiger partial charge >= 0.3 is 0 Å². The van der Waals surface area contributed by atoms with E-state index in [9.17, 15) is 0 Å². The lowest BCUT2D eigenvalue weighted by Gasteiger charge is -2.28. The molecule has 8 heteroatoms. The number of hydrogen-bond acceptors (Lipinski definition) is 8. The first-order chi connectivity index (χ1) is 13.3. The molecular formula is C19H23N7O. The molecule has 0 amide bonds. The summed E-state index contributed by atoms with van der Waals surface area (Å²) in [4.78, 5) is 22.9. The van der Waals surface area contributed by atoms with Crippen molar-refractivity contribution in [3.05, 3.63) is 23.9 Å². The molecule has 2 aliphatic heterocycles. The van der Waals surface area contributed by atoms with E-state index in [1.165, 1.54) is 12.8 Å². The van der Waals surface area contributed by atoms with Crippen LogP contribution in [-0.2, 0) is 4.74 Å². The van der Waals surface area contributed by atoms with E-state index < -0.39 is 0 Å². The molecule has 0 bridgehead atoms. The van der Waals surface area contributed by atoms with Crippen LogP contribution in [0.4, 0.5) is 11.9 Å². The van der Waals surface area contributed by atoms with Gasteiger partial charge in [-0.3, -0.25) is 4.98 Å². The van der Waals surface area contributed by atoms with Gasteiger partial charge in [0.15, 0.2) is 5.82 Å². The van der Waals surface area contributed by atoms with Crippen LogP contribution >= 0.6 is 0 Å². The van der Waals surface area contributed by atoms with E-state index in [-0.39, 0.29) is 0 Å². The molecule has 0 aromatic carbocycles. The largest absolute Gasteiger partial charge is 0.378 e. The second-order valence-electron chi connectivity index (χ2n) is 6.80. The lowest BCUT2D eigenvalue weighted by Crippen LogP contribution is -2.38. The van der Waals surface area contributed by atoms with E-state index in [0.29, 0.717) is 36.2 Å². The van der Waals surface area contributed by atoms with Crippen molar-refractivity contribution in [3.63, 3.8) is 0 Å². The maximum Gasteiger partial charge on any atom is 0.230 e. The third-order valence-corrected chi connectivity index (χ3v) is 4.92. The van der Waals surface area contributed by atoms with Gasteiger partial charge in [0, 0.05) is 32.4 Å². The fourth-order valence-corrected chi connectivity index (χ4v) is 3.38. The van der Waals surface area contributed by atoms with Crippen molar-refractivity contribution in [2.75, 3.05) is 49.2 Å². The van der Waals surface area contributed by atoms with Gasteiger partial charge in [0.25, 0.3) is 0 Å². The van der Waals surface area contributed by atoms with Crippen LogP contribution in [0.15, 0.2) is 18.3 Å². The molecule has 8 nitrogen and oxygen atoms in total. The van der Waals surface area contributed by atoms with Crippen LogP contribution in [0.1, 0.15) is 31.2 Å². The first-order valence-corrected chi connectivity index (χ1v) is 9.54. The number of pyridine rings is 1. The van der Waals surface area contributed by atoms with Crippen molar-refractivity contribution >= 4 is 11.9 Å². The molecule has 2 aromatic rings.